The summed E-state index contributed by atoms with van der Waals surface area (Å²) >= 11 is 0. The molecule has 1 aromatic heterocycles. The van der Waals surface area contributed by atoms with Gasteiger partial charge in [0.1, 0.15) is 25.3 Å². The van der Waals surface area contributed by atoms with E-state index in [2.05, 4.69) is 20.5 Å². The third-order valence-corrected chi connectivity index (χ3v) is 4.78. The largest absolute Gasteiger partial charge is 0.486 e. The molecule has 0 radical (unpaired) electrons. The Balaban J connectivity index is 1.22. The van der Waals surface area contributed by atoms with E-state index in [1.165, 1.54) is 6.33 Å². The molecule has 1 aliphatic rings. The number of carbonyl (C=O) groups is 1. The molecule has 0 unspecified atom stereocenters. The molecule has 8 nitrogen and oxygen atoms in total. The fourth-order valence-electron chi connectivity index (χ4n) is 3.21. The summed E-state index contributed by atoms with van der Waals surface area (Å²) in [4.78, 5) is 20.8. The van der Waals surface area contributed by atoms with Crippen molar-refractivity contribution in [2.24, 2.45) is 5.10 Å². The minimum Gasteiger partial charge on any atom is -0.486 e. The van der Waals surface area contributed by atoms with Crippen LogP contribution in [0.1, 0.15) is 15.9 Å². The molecule has 5 rings (SSSR count). The fourth-order valence-corrected chi connectivity index (χ4v) is 3.21. The maximum absolute atomic E-state index is 12.3. The highest BCUT2D eigenvalue weighted by atomic mass is 16.6. The van der Waals surface area contributed by atoms with Crippen molar-refractivity contribution in [2.75, 3.05) is 13.2 Å². The summed E-state index contributed by atoms with van der Waals surface area (Å²) in [5.74, 6) is 1.97. The van der Waals surface area contributed by atoms with E-state index in [-0.39, 0.29) is 5.91 Å². The Labute approximate surface area is 183 Å². The summed E-state index contributed by atoms with van der Waals surface area (Å²) in [5, 5.41) is 4.86. The average molecular weight is 426 g/mol. The fraction of sp³-hybridized carbons (Fsp3) is 0.0833. The molecule has 1 N–H and O–H groups in total. The Morgan fingerprint density at radius 3 is 2.66 bits per heavy atom. The summed E-state index contributed by atoms with van der Waals surface area (Å²) < 4.78 is 16.9. The molecule has 0 saturated heterocycles. The number of para-hydroxylation sites is 1. The van der Waals surface area contributed by atoms with Gasteiger partial charge in [0.15, 0.2) is 11.5 Å². The van der Waals surface area contributed by atoms with Gasteiger partial charge in [0.05, 0.1) is 17.1 Å². The van der Waals surface area contributed by atoms with Gasteiger partial charge in [-0.15, -0.1) is 0 Å². The van der Waals surface area contributed by atoms with Gasteiger partial charge in [-0.3, -0.25) is 4.79 Å². The number of fused-ring (bicyclic) bond motifs is 2. The molecule has 158 valence electrons. The molecule has 0 fully saturated rings. The zero-order valence-corrected chi connectivity index (χ0v) is 16.9. The molecule has 32 heavy (non-hydrogen) atoms. The molecule has 0 bridgehead atoms. The van der Waals surface area contributed by atoms with E-state index in [1.54, 1.807) is 36.5 Å². The second-order valence-corrected chi connectivity index (χ2v) is 6.92. The van der Waals surface area contributed by atoms with E-state index in [0.29, 0.717) is 41.9 Å². The lowest BCUT2D eigenvalue weighted by molar-refractivity contribution is 0.0954. The average Bonchev–Trinajstić information content (AvgIpc) is 2.85. The van der Waals surface area contributed by atoms with Crippen LogP contribution in [0.15, 0.2) is 78.2 Å². The highest BCUT2D eigenvalue weighted by molar-refractivity contribution is 5.95. The summed E-state index contributed by atoms with van der Waals surface area (Å²) in [6.07, 6.45) is 3.03. The van der Waals surface area contributed by atoms with Gasteiger partial charge in [-0.2, -0.15) is 5.10 Å². The van der Waals surface area contributed by atoms with Crippen molar-refractivity contribution >= 4 is 23.0 Å². The van der Waals surface area contributed by atoms with E-state index in [0.717, 1.165) is 16.5 Å². The van der Waals surface area contributed by atoms with Gasteiger partial charge < -0.3 is 14.2 Å². The van der Waals surface area contributed by atoms with Crippen LogP contribution in [0.3, 0.4) is 0 Å². The van der Waals surface area contributed by atoms with Gasteiger partial charge in [-0.25, -0.2) is 15.4 Å². The van der Waals surface area contributed by atoms with E-state index in [1.807, 2.05) is 36.4 Å². The van der Waals surface area contributed by atoms with Gasteiger partial charge in [0.2, 0.25) is 5.88 Å². The first-order valence-electron chi connectivity index (χ1n) is 9.97. The molecule has 2 heterocycles. The molecule has 3 aromatic carbocycles. The van der Waals surface area contributed by atoms with Crippen molar-refractivity contribution in [3.8, 4) is 23.1 Å². The Hall–Kier alpha value is -4.46. The van der Waals surface area contributed by atoms with E-state index in [4.69, 9.17) is 14.2 Å². The van der Waals surface area contributed by atoms with E-state index in [9.17, 15) is 4.79 Å². The Kier molecular flexibility index (Phi) is 5.32. The summed E-state index contributed by atoms with van der Waals surface area (Å²) in [6.45, 7) is 0.964. The maximum Gasteiger partial charge on any atom is 0.271 e. The first-order chi connectivity index (χ1) is 15.8. The number of benzene rings is 3. The van der Waals surface area contributed by atoms with Gasteiger partial charge in [-0.1, -0.05) is 12.1 Å². The number of aromatic nitrogens is 2. The van der Waals surface area contributed by atoms with Crippen molar-refractivity contribution in [1.29, 1.82) is 0 Å². The number of nitrogens with zero attached hydrogens (tertiary/aromatic N) is 3. The second kappa shape index (κ2) is 8.73. The maximum atomic E-state index is 12.3. The zero-order chi connectivity index (χ0) is 21.8. The number of nitrogens with one attached hydrogen (secondary N) is 1. The van der Waals surface area contributed by atoms with Gasteiger partial charge in [0.25, 0.3) is 5.91 Å². The minimum atomic E-state index is -0.339. The normalized spacial score (nSPS) is 12.6. The standard InChI is InChI=1S/C24H18N4O4/c29-23(17-7-10-21-22(13-17)31-12-11-30-21)28-27-14-16-5-8-18(9-6-16)32-24-19-3-1-2-4-20(19)25-15-26-24/h1-10,13-15H,11-12H2,(H,28,29). The number of hydrogen-bond donors (Lipinski definition) is 1. The van der Waals surface area contributed by atoms with Gasteiger partial charge >= 0.3 is 0 Å². The molecular weight excluding hydrogens is 408 g/mol. The molecule has 1 aliphatic heterocycles. The number of rotatable bonds is 5. The minimum absolute atomic E-state index is 0.339. The van der Waals surface area contributed by atoms with Crippen LogP contribution in [0, 0.1) is 0 Å². The van der Waals surface area contributed by atoms with Crippen LogP contribution in [0.2, 0.25) is 0 Å². The number of hydrazone groups is 1. The number of ether oxygens (including phenoxy) is 3. The number of carbonyl (C=O) groups excluding carboxylic acids is 1. The van der Waals surface area contributed by atoms with Crippen LogP contribution in [-0.4, -0.2) is 35.3 Å². The predicted octanol–water partition coefficient (Wildman–Crippen LogP) is 3.96. The lowest BCUT2D eigenvalue weighted by Gasteiger charge is -2.18. The van der Waals surface area contributed by atoms with Crippen molar-refractivity contribution in [3.05, 3.63) is 84.2 Å². The summed E-state index contributed by atoms with van der Waals surface area (Å²) in [5.41, 5.74) is 4.57. The Bertz CT molecular complexity index is 1300. The summed E-state index contributed by atoms with van der Waals surface area (Å²) in [7, 11) is 0. The van der Waals surface area contributed by atoms with Crippen LogP contribution in [0.4, 0.5) is 0 Å². The molecule has 8 heteroatoms. The van der Waals surface area contributed by atoms with Crippen molar-refractivity contribution in [3.63, 3.8) is 0 Å². The van der Waals surface area contributed by atoms with Crippen LogP contribution in [0.25, 0.3) is 10.9 Å². The van der Waals surface area contributed by atoms with Crippen molar-refractivity contribution < 1.29 is 19.0 Å². The van der Waals surface area contributed by atoms with Gasteiger partial charge in [-0.05, 0) is 60.2 Å². The van der Waals surface area contributed by atoms with Crippen molar-refractivity contribution in [1.82, 2.24) is 15.4 Å². The van der Waals surface area contributed by atoms with E-state index >= 15 is 0 Å². The highest BCUT2D eigenvalue weighted by Crippen LogP contribution is 2.30. The lowest BCUT2D eigenvalue weighted by atomic mass is 10.2. The van der Waals surface area contributed by atoms with Crippen LogP contribution in [0.5, 0.6) is 23.1 Å². The second-order valence-electron chi connectivity index (χ2n) is 6.92. The van der Waals surface area contributed by atoms with Crippen LogP contribution < -0.4 is 19.6 Å². The Morgan fingerprint density at radius 2 is 1.78 bits per heavy atom. The molecule has 0 saturated carbocycles. The lowest BCUT2D eigenvalue weighted by Crippen LogP contribution is -2.19. The predicted molar refractivity (Wildman–Crippen MR) is 119 cm³/mol. The molecule has 0 aliphatic carbocycles. The first-order valence-corrected chi connectivity index (χ1v) is 9.97. The number of hydrogen-bond acceptors (Lipinski definition) is 7. The smallest absolute Gasteiger partial charge is 0.271 e. The van der Waals surface area contributed by atoms with Crippen LogP contribution in [-0.2, 0) is 0 Å². The third-order valence-electron chi connectivity index (χ3n) is 4.78. The quantitative estimate of drug-likeness (QED) is 0.383. The molecule has 0 spiro atoms. The Morgan fingerprint density at radius 1 is 0.969 bits per heavy atom. The molecule has 4 aromatic rings. The third kappa shape index (κ3) is 4.20. The molecular formula is C24H18N4O4. The number of amides is 1. The van der Waals surface area contributed by atoms with Gasteiger partial charge in [0, 0.05) is 5.56 Å². The van der Waals surface area contributed by atoms with Crippen molar-refractivity contribution in [2.45, 2.75) is 0 Å². The van der Waals surface area contributed by atoms with E-state index < -0.39 is 0 Å². The summed E-state index contributed by atoms with van der Waals surface area (Å²) in [6, 6.07) is 19.9. The highest BCUT2D eigenvalue weighted by Gasteiger charge is 2.14. The monoisotopic (exact) mass is 426 g/mol. The molecule has 1 amide bonds. The first kappa shape index (κ1) is 19.5. The molecule has 0 atom stereocenters. The van der Waals surface area contributed by atoms with Crippen LogP contribution >= 0.6 is 0 Å². The zero-order valence-electron chi connectivity index (χ0n) is 16.9. The SMILES string of the molecule is O=C(NN=Cc1ccc(Oc2ncnc3ccccc23)cc1)c1ccc2c(c1)OCCO2. The topological polar surface area (TPSA) is 94.9 Å².